The molecule has 2 aromatic heterocycles. The molecule has 0 atom stereocenters. The van der Waals surface area contributed by atoms with Crippen molar-refractivity contribution in [3.8, 4) is 0 Å². The standard InChI is InChI=1S/C14H12N4O/c1-2-18-13(9-16-17-18)14(19)11-7-8-15-12-6-4-3-5-10(11)12/h3-9H,2H2,1H3. The van der Waals surface area contributed by atoms with Crippen LogP contribution >= 0.6 is 0 Å². The first-order valence-electron chi connectivity index (χ1n) is 6.08. The van der Waals surface area contributed by atoms with Gasteiger partial charge in [-0.25, -0.2) is 4.68 Å². The fourth-order valence-electron chi connectivity index (χ4n) is 2.10. The lowest BCUT2D eigenvalue weighted by Gasteiger charge is -2.05. The number of nitrogens with zero attached hydrogens (tertiary/aromatic N) is 4. The Morgan fingerprint density at radius 2 is 2.11 bits per heavy atom. The van der Waals surface area contributed by atoms with Crippen LogP contribution in [0.4, 0.5) is 0 Å². The molecule has 1 aromatic carbocycles. The molecule has 0 amide bonds. The van der Waals surface area contributed by atoms with Gasteiger partial charge in [0.05, 0.1) is 11.7 Å². The molecule has 0 bridgehead atoms. The molecule has 2 heterocycles. The molecule has 19 heavy (non-hydrogen) atoms. The van der Waals surface area contributed by atoms with Crippen molar-refractivity contribution >= 4 is 16.7 Å². The Labute approximate surface area is 109 Å². The van der Waals surface area contributed by atoms with Crippen molar-refractivity contribution in [3.63, 3.8) is 0 Å². The highest BCUT2D eigenvalue weighted by Gasteiger charge is 2.17. The molecule has 0 saturated carbocycles. The van der Waals surface area contributed by atoms with Crippen molar-refractivity contribution in [2.45, 2.75) is 13.5 Å². The van der Waals surface area contributed by atoms with E-state index in [-0.39, 0.29) is 5.78 Å². The Morgan fingerprint density at radius 3 is 2.95 bits per heavy atom. The highest BCUT2D eigenvalue weighted by Crippen LogP contribution is 2.19. The summed E-state index contributed by atoms with van der Waals surface area (Å²) >= 11 is 0. The van der Waals surface area contributed by atoms with Crippen LogP contribution in [0.5, 0.6) is 0 Å². The average molecular weight is 252 g/mol. The summed E-state index contributed by atoms with van der Waals surface area (Å²) in [6.45, 7) is 2.54. The topological polar surface area (TPSA) is 60.7 Å². The largest absolute Gasteiger partial charge is 0.287 e. The number of pyridine rings is 1. The van der Waals surface area contributed by atoms with E-state index in [0.29, 0.717) is 17.8 Å². The van der Waals surface area contributed by atoms with E-state index < -0.39 is 0 Å². The maximum atomic E-state index is 12.6. The van der Waals surface area contributed by atoms with Gasteiger partial charge in [0.15, 0.2) is 0 Å². The molecular weight excluding hydrogens is 240 g/mol. The number of ketones is 1. The van der Waals surface area contributed by atoms with E-state index in [9.17, 15) is 4.79 Å². The van der Waals surface area contributed by atoms with Crippen LogP contribution in [0, 0.1) is 0 Å². The Balaban J connectivity index is 2.17. The van der Waals surface area contributed by atoms with E-state index >= 15 is 0 Å². The second-order valence-electron chi connectivity index (χ2n) is 4.14. The van der Waals surface area contributed by atoms with E-state index in [1.165, 1.54) is 6.20 Å². The summed E-state index contributed by atoms with van der Waals surface area (Å²) in [7, 11) is 0. The van der Waals surface area contributed by atoms with Gasteiger partial charge in [0, 0.05) is 23.7 Å². The van der Waals surface area contributed by atoms with Crippen LogP contribution in [-0.2, 0) is 6.54 Å². The molecule has 0 aliphatic rings. The third kappa shape index (κ3) is 1.89. The van der Waals surface area contributed by atoms with Gasteiger partial charge in [0.2, 0.25) is 5.78 Å². The van der Waals surface area contributed by atoms with Crippen LogP contribution in [0.3, 0.4) is 0 Å². The Morgan fingerprint density at radius 1 is 1.26 bits per heavy atom. The fraction of sp³-hybridized carbons (Fsp3) is 0.143. The van der Waals surface area contributed by atoms with Crippen molar-refractivity contribution in [2.75, 3.05) is 0 Å². The lowest BCUT2D eigenvalue weighted by atomic mass is 10.0. The third-order valence-corrected chi connectivity index (χ3v) is 3.04. The molecule has 5 heteroatoms. The molecule has 0 N–H and O–H groups in total. The monoisotopic (exact) mass is 252 g/mol. The summed E-state index contributed by atoms with van der Waals surface area (Å²) in [5.74, 6) is -0.0783. The maximum absolute atomic E-state index is 12.6. The molecule has 3 rings (SSSR count). The number of aryl methyl sites for hydroxylation is 1. The smallest absolute Gasteiger partial charge is 0.213 e. The van der Waals surface area contributed by atoms with Crippen LogP contribution in [0.1, 0.15) is 23.0 Å². The summed E-state index contributed by atoms with van der Waals surface area (Å²) in [4.78, 5) is 16.8. The van der Waals surface area contributed by atoms with Gasteiger partial charge in [0.25, 0.3) is 0 Å². The van der Waals surface area contributed by atoms with Gasteiger partial charge in [-0.1, -0.05) is 23.4 Å². The van der Waals surface area contributed by atoms with Crippen LogP contribution in [0.15, 0.2) is 42.7 Å². The molecule has 3 aromatic rings. The van der Waals surface area contributed by atoms with E-state index in [1.807, 2.05) is 31.2 Å². The number of hydrogen-bond donors (Lipinski definition) is 0. The number of aromatic nitrogens is 4. The first-order valence-corrected chi connectivity index (χ1v) is 6.08. The Kier molecular flexibility index (Phi) is 2.79. The second-order valence-corrected chi connectivity index (χ2v) is 4.14. The van der Waals surface area contributed by atoms with Crippen LogP contribution in [0.2, 0.25) is 0 Å². The van der Waals surface area contributed by atoms with Gasteiger partial charge in [-0.2, -0.15) is 0 Å². The van der Waals surface area contributed by atoms with E-state index in [2.05, 4.69) is 15.3 Å². The molecule has 0 saturated heterocycles. The molecule has 5 nitrogen and oxygen atoms in total. The van der Waals surface area contributed by atoms with E-state index in [0.717, 1.165) is 10.9 Å². The van der Waals surface area contributed by atoms with E-state index in [4.69, 9.17) is 0 Å². The van der Waals surface area contributed by atoms with Gasteiger partial charge < -0.3 is 0 Å². The molecule has 0 unspecified atom stereocenters. The SMILES string of the molecule is CCn1nncc1C(=O)c1ccnc2ccccc12. The molecule has 0 aliphatic heterocycles. The van der Waals surface area contributed by atoms with Crippen LogP contribution < -0.4 is 0 Å². The lowest BCUT2D eigenvalue weighted by Crippen LogP contribution is -2.11. The van der Waals surface area contributed by atoms with Crippen LogP contribution in [-0.4, -0.2) is 25.8 Å². The zero-order valence-electron chi connectivity index (χ0n) is 10.4. The minimum Gasteiger partial charge on any atom is -0.287 e. The summed E-state index contributed by atoms with van der Waals surface area (Å²) in [6, 6.07) is 9.33. The first kappa shape index (κ1) is 11.5. The second kappa shape index (κ2) is 4.61. The van der Waals surface area contributed by atoms with Gasteiger partial charge in [0.1, 0.15) is 5.69 Å². The Bertz CT molecular complexity index is 743. The predicted octanol–water partition coefficient (Wildman–Crippen LogP) is 2.08. The number of fused-ring (bicyclic) bond motifs is 1. The minimum atomic E-state index is -0.0783. The van der Waals surface area contributed by atoms with Crippen molar-refractivity contribution < 1.29 is 4.79 Å². The normalized spacial score (nSPS) is 10.8. The van der Waals surface area contributed by atoms with Crippen molar-refractivity contribution in [1.82, 2.24) is 20.0 Å². The molecule has 0 spiro atoms. The highest BCUT2D eigenvalue weighted by atomic mass is 16.1. The van der Waals surface area contributed by atoms with Crippen LogP contribution in [0.25, 0.3) is 10.9 Å². The average Bonchev–Trinajstić information content (AvgIpc) is 2.94. The number of para-hydroxylation sites is 1. The maximum Gasteiger partial charge on any atom is 0.213 e. The number of carbonyl (C=O) groups is 1. The molecule has 0 fully saturated rings. The van der Waals surface area contributed by atoms with Gasteiger partial charge >= 0.3 is 0 Å². The van der Waals surface area contributed by atoms with Gasteiger partial charge in [-0.3, -0.25) is 9.78 Å². The fourth-order valence-corrected chi connectivity index (χ4v) is 2.10. The number of carbonyl (C=O) groups excluding carboxylic acids is 1. The highest BCUT2D eigenvalue weighted by molar-refractivity contribution is 6.14. The molecule has 0 radical (unpaired) electrons. The Hall–Kier alpha value is -2.56. The first-order chi connectivity index (χ1) is 9.31. The lowest BCUT2D eigenvalue weighted by molar-refractivity contribution is 0.103. The van der Waals surface area contributed by atoms with Crippen molar-refractivity contribution in [1.29, 1.82) is 0 Å². The number of hydrogen-bond acceptors (Lipinski definition) is 4. The number of benzene rings is 1. The van der Waals surface area contributed by atoms with E-state index in [1.54, 1.807) is 16.9 Å². The molecule has 0 aliphatic carbocycles. The quantitative estimate of drug-likeness (QED) is 0.669. The third-order valence-electron chi connectivity index (χ3n) is 3.04. The van der Waals surface area contributed by atoms with Gasteiger partial charge in [-0.15, -0.1) is 5.10 Å². The zero-order valence-corrected chi connectivity index (χ0v) is 10.4. The zero-order chi connectivity index (χ0) is 13.2. The summed E-state index contributed by atoms with van der Waals surface area (Å²) in [6.07, 6.45) is 3.15. The predicted molar refractivity (Wildman–Crippen MR) is 70.9 cm³/mol. The molecule has 94 valence electrons. The minimum absolute atomic E-state index is 0.0783. The summed E-state index contributed by atoms with van der Waals surface area (Å²) < 4.78 is 1.59. The summed E-state index contributed by atoms with van der Waals surface area (Å²) in [5.41, 5.74) is 1.94. The summed E-state index contributed by atoms with van der Waals surface area (Å²) in [5, 5.41) is 8.53. The number of rotatable bonds is 3. The molecular formula is C14H12N4O. The van der Waals surface area contributed by atoms with Crippen molar-refractivity contribution in [2.24, 2.45) is 0 Å². The van der Waals surface area contributed by atoms with Crippen molar-refractivity contribution in [3.05, 3.63) is 54.0 Å². The van der Waals surface area contributed by atoms with Gasteiger partial charge in [-0.05, 0) is 19.1 Å².